The smallest absolute Gasteiger partial charge is 0.290 e. The second-order valence-electron chi connectivity index (χ2n) is 5.44. The fraction of sp³-hybridized carbons (Fsp3) is 0.769. The highest BCUT2D eigenvalue weighted by molar-refractivity contribution is 7.91. The van der Waals surface area contributed by atoms with Crippen LogP contribution in [0.4, 0.5) is 5.69 Å². The van der Waals surface area contributed by atoms with Crippen LogP contribution in [-0.2, 0) is 22.8 Å². The summed E-state index contributed by atoms with van der Waals surface area (Å²) in [7, 11) is -3.02. The molecule has 0 radical (unpaired) electrons. The summed E-state index contributed by atoms with van der Waals surface area (Å²) in [4.78, 5) is 12.4. The zero-order valence-electron chi connectivity index (χ0n) is 12.1. The number of nitrogens with zero attached hydrogens (tertiary/aromatic N) is 2. The number of anilines is 1. The van der Waals surface area contributed by atoms with Crippen molar-refractivity contribution >= 4 is 15.5 Å². The van der Waals surface area contributed by atoms with E-state index in [1.165, 1.54) is 0 Å². The fourth-order valence-corrected chi connectivity index (χ4v) is 4.60. The van der Waals surface area contributed by atoms with Crippen LogP contribution in [0.2, 0.25) is 0 Å². The normalized spacial score (nSPS) is 21.4. The number of nitrogen functional groups attached to an aromatic ring is 1. The van der Waals surface area contributed by atoms with Crippen LogP contribution in [0.3, 0.4) is 0 Å². The Balaban J connectivity index is 2.52. The van der Waals surface area contributed by atoms with E-state index in [-0.39, 0.29) is 28.8 Å². The minimum Gasteiger partial charge on any atom is -0.393 e. The molecule has 6 nitrogen and oxygen atoms in total. The van der Waals surface area contributed by atoms with Crippen molar-refractivity contribution in [2.45, 2.75) is 52.1 Å². The highest BCUT2D eigenvalue weighted by Crippen LogP contribution is 2.25. The Kier molecular flexibility index (Phi) is 4.27. The summed E-state index contributed by atoms with van der Waals surface area (Å²) in [6.45, 7) is 4.77. The lowest BCUT2D eigenvalue weighted by Crippen LogP contribution is -2.29. The molecular formula is C13H23N3O3S. The van der Waals surface area contributed by atoms with Crippen LogP contribution >= 0.6 is 0 Å². The van der Waals surface area contributed by atoms with Crippen LogP contribution in [0.5, 0.6) is 0 Å². The fourth-order valence-electron chi connectivity index (χ4n) is 2.91. The molecule has 114 valence electrons. The molecule has 0 spiro atoms. The van der Waals surface area contributed by atoms with Crippen molar-refractivity contribution in [3.05, 3.63) is 16.0 Å². The van der Waals surface area contributed by atoms with E-state index in [1.54, 1.807) is 4.68 Å². The van der Waals surface area contributed by atoms with Crippen molar-refractivity contribution in [2.24, 2.45) is 0 Å². The third kappa shape index (κ3) is 2.63. The van der Waals surface area contributed by atoms with Crippen molar-refractivity contribution in [1.29, 1.82) is 0 Å². The molecule has 0 bridgehead atoms. The van der Waals surface area contributed by atoms with Crippen LogP contribution in [0, 0.1) is 0 Å². The van der Waals surface area contributed by atoms with Gasteiger partial charge in [-0.15, -0.1) is 0 Å². The van der Waals surface area contributed by atoms with Gasteiger partial charge in [-0.05, 0) is 19.3 Å². The average molecular weight is 301 g/mol. The monoisotopic (exact) mass is 301 g/mol. The van der Waals surface area contributed by atoms with Gasteiger partial charge >= 0.3 is 0 Å². The molecular weight excluding hydrogens is 278 g/mol. The molecule has 0 aliphatic carbocycles. The number of nitrogens with two attached hydrogens (primary N) is 1. The van der Waals surface area contributed by atoms with Crippen LogP contribution in [0.25, 0.3) is 0 Å². The standard InChI is InChI=1S/C13H23N3O3S/c1-3-5-11-12(14)13(17)16(15(11)7-4-2)10-6-8-20(18,19)9-10/h10H,3-9,14H2,1-2H3. The Hall–Kier alpha value is -1.24. The molecule has 2 rings (SSSR count). The molecule has 1 aromatic heterocycles. The van der Waals surface area contributed by atoms with E-state index in [1.807, 2.05) is 18.5 Å². The Morgan fingerprint density at radius 2 is 2.00 bits per heavy atom. The van der Waals surface area contributed by atoms with Crippen molar-refractivity contribution in [3.63, 3.8) is 0 Å². The molecule has 7 heteroatoms. The quantitative estimate of drug-likeness (QED) is 0.877. The van der Waals surface area contributed by atoms with Gasteiger partial charge in [0.2, 0.25) is 0 Å². The predicted molar refractivity (Wildman–Crippen MR) is 79.7 cm³/mol. The number of hydrogen-bond donors (Lipinski definition) is 1. The topological polar surface area (TPSA) is 87.1 Å². The second kappa shape index (κ2) is 5.63. The van der Waals surface area contributed by atoms with Gasteiger partial charge in [-0.1, -0.05) is 20.3 Å². The molecule has 1 aromatic rings. The van der Waals surface area contributed by atoms with E-state index in [2.05, 4.69) is 0 Å². The van der Waals surface area contributed by atoms with Gasteiger partial charge in [0.05, 0.1) is 23.2 Å². The first-order valence-corrected chi connectivity index (χ1v) is 9.03. The molecule has 2 N–H and O–H groups in total. The van der Waals surface area contributed by atoms with E-state index in [0.717, 1.165) is 25.0 Å². The molecule has 1 unspecified atom stereocenters. The molecule has 20 heavy (non-hydrogen) atoms. The number of sulfone groups is 1. The van der Waals surface area contributed by atoms with Crippen LogP contribution in [-0.4, -0.2) is 29.3 Å². The van der Waals surface area contributed by atoms with E-state index >= 15 is 0 Å². The largest absolute Gasteiger partial charge is 0.393 e. The maximum absolute atomic E-state index is 12.4. The Labute approximate surface area is 119 Å². The zero-order chi connectivity index (χ0) is 14.9. The molecule has 1 saturated heterocycles. The third-order valence-corrected chi connectivity index (χ3v) is 5.55. The molecule has 1 aliphatic heterocycles. The molecule has 0 saturated carbocycles. The van der Waals surface area contributed by atoms with Gasteiger partial charge in [0, 0.05) is 6.54 Å². The Morgan fingerprint density at radius 1 is 1.30 bits per heavy atom. The van der Waals surface area contributed by atoms with Crippen LogP contribution in [0.15, 0.2) is 4.79 Å². The number of hydrogen-bond acceptors (Lipinski definition) is 4. The molecule has 2 heterocycles. The Bertz CT molecular complexity index is 643. The molecule has 1 aliphatic rings. The lowest BCUT2D eigenvalue weighted by atomic mass is 10.2. The van der Waals surface area contributed by atoms with Gasteiger partial charge in [-0.25, -0.2) is 13.1 Å². The number of rotatable bonds is 5. The van der Waals surface area contributed by atoms with Crippen molar-refractivity contribution in [3.8, 4) is 0 Å². The van der Waals surface area contributed by atoms with E-state index in [4.69, 9.17) is 5.73 Å². The van der Waals surface area contributed by atoms with Crippen LogP contribution < -0.4 is 11.3 Å². The molecule has 0 amide bonds. The summed E-state index contributed by atoms with van der Waals surface area (Å²) < 4.78 is 26.8. The van der Waals surface area contributed by atoms with Gasteiger partial charge in [-0.3, -0.25) is 9.48 Å². The highest BCUT2D eigenvalue weighted by Gasteiger charge is 2.33. The predicted octanol–water partition coefficient (Wildman–Crippen LogP) is 0.954. The summed E-state index contributed by atoms with van der Waals surface area (Å²) in [6.07, 6.45) is 3.03. The summed E-state index contributed by atoms with van der Waals surface area (Å²) >= 11 is 0. The third-order valence-electron chi connectivity index (χ3n) is 3.80. The highest BCUT2D eigenvalue weighted by atomic mass is 32.2. The second-order valence-corrected chi connectivity index (χ2v) is 7.67. The maximum atomic E-state index is 12.4. The molecule has 1 atom stereocenters. The van der Waals surface area contributed by atoms with Gasteiger partial charge in [-0.2, -0.15) is 0 Å². The summed E-state index contributed by atoms with van der Waals surface area (Å²) in [5.41, 5.74) is 6.85. The van der Waals surface area contributed by atoms with E-state index in [9.17, 15) is 13.2 Å². The Morgan fingerprint density at radius 3 is 2.50 bits per heavy atom. The van der Waals surface area contributed by atoms with Gasteiger partial charge in [0.1, 0.15) is 5.69 Å². The first-order valence-electron chi connectivity index (χ1n) is 7.21. The maximum Gasteiger partial charge on any atom is 0.290 e. The zero-order valence-corrected chi connectivity index (χ0v) is 12.9. The van der Waals surface area contributed by atoms with Gasteiger partial charge < -0.3 is 5.73 Å². The van der Waals surface area contributed by atoms with E-state index < -0.39 is 9.84 Å². The first kappa shape index (κ1) is 15.2. The van der Waals surface area contributed by atoms with Gasteiger partial charge in [0.25, 0.3) is 5.56 Å². The molecule has 0 aromatic carbocycles. The van der Waals surface area contributed by atoms with Crippen molar-refractivity contribution in [1.82, 2.24) is 9.36 Å². The lowest BCUT2D eigenvalue weighted by Gasteiger charge is -2.18. The van der Waals surface area contributed by atoms with Gasteiger partial charge in [0.15, 0.2) is 9.84 Å². The van der Waals surface area contributed by atoms with Crippen molar-refractivity contribution in [2.75, 3.05) is 17.2 Å². The first-order chi connectivity index (χ1) is 9.41. The van der Waals surface area contributed by atoms with E-state index in [0.29, 0.717) is 13.0 Å². The average Bonchev–Trinajstić information content (AvgIpc) is 2.84. The van der Waals surface area contributed by atoms with Crippen molar-refractivity contribution < 1.29 is 8.42 Å². The summed E-state index contributed by atoms with van der Waals surface area (Å²) in [6, 6.07) is -0.271. The minimum absolute atomic E-state index is 0.0473. The molecule has 1 fully saturated rings. The summed E-state index contributed by atoms with van der Waals surface area (Å²) in [5, 5.41) is 0. The number of aromatic nitrogens is 2. The minimum atomic E-state index is -3.02. The van der Waals surface area contributed by atoms with Crippen LogP contribution in [0.1, 0.15) is 44.8 Å². The SMILES string of the molecule is CCCc1c(N)c(=O)n(C2CCS(=O)(=O)C2)n1CCC. The lowest BCUT2D eigenvalue weighted by molar-refractivity contribution is 0.372. The summed E-state index contributed by atoms with van der Waals surface area (Å²) in [5.74, 6) is 0.204.